The van der Waals surface area contributed by atoms with Crippen LogP contribution in [0.25, 0.3) is 0 Å². The fourth-order valence-corrected chi connectivity index (χ4v) is 3.46. The summed E-state index contributed by atoms with van der Waals surface area (Å²) in [6.45, 7) is 10.0. The van der Waals surface area contributed by atoms with Gasteiger partial charge in [0.15, 0.2) is 0 Å². The second-order valence-corrected chi connectivity index (χ2v) is 5.94. The van der Waals surface area contributed by atoms with Crippen molar-refractivity contribution >= 4 is 0 Å². The molecule has 0 aromatic carbocycles. The standard InChI is InChI=1S/C15H31NO/c1-5-16-11-15(12-17-4,13(2)3)14-9-7-6-8-10-14/h13-14,16H,5-12H2,1-4H3. The van der Waals surface area contributed by atoms with E-state index in [0.717, 1.165) is 25.6 Å². The minimum atomic E-state index is 0.338. The molecule has 0 aliphatic heterocycles. The molecule has 0 aromatic rings. The van der Waals surface area contributed by atoms with E-state index in [2.05, 4.69) is 26.1 Å². The highest BCUT2D eigenvalue weighted by Crippen LogP contribution is 2.43. The fraction of sp³-hybridized carbons (Fsp3) is 1.00. The Kier molecular flexibility index (Phi) is 6.50. The molecule has 2 heteroatoms. The number of nitrogens with one attached hydrogen (secondary N) is 1. The SMILES string of the molecule is CCNCC(COC)(C(C)C)C1CCCCC1. The van der Waals surface area contributed by atoms with Crippen molar-refractivity contribution in [1.29, 1.82) is 0 Å². The van der Waals surface area contributed by atoms with E-state index in [0.29, 0.717) is 11.3 Å². The summed E-state index contributed by atoms with van der Waals surface area (Å²) in [7, 11) is 1.85. The van der Waals surface area contributed by atoms with Gasteiger partial charge in [-0.25, -0.2) is 0 Å². The summed E-state index contributed by atoms with van der Waals surface area (Å²) in [5, 5.41) is 3.57. The molecule has 1 atom stereocenters. The Hall–Kier alpha value is -0.0800. The molecule has 1 unspecified atom stereocenters. The van der Waals surface area contributed by atoms with Crippen LogP contribution in [-0.4, -0.2) is 26.8 Å². The van der Waals surface area contributed by atoms with Gasteiger partial charge in [0.2, 0.25) is 0 Å². The average Bonchev–Trinajstić information content (AvgIpc) is 2.35. The molecule has 1 fully saturated rings. The van der Waals surface area contributed by atoms with Crippen LogP contribution in [0.5, 0.6) is 0 Å². The van der Waals surface area contributed by atoms with Crippen LogP contribution in [0.2, 0.25) is 0 Å². The van der Waals surface area contributed by atoms with E-state index in [1.54, 1.807) is 0 Å². The highest BCUT2D eigenvalue weighted by molar-refractivity contribution is 4.92. The Morgan fingerprint density at radius 2 is 1.88 bits per heavy atom. The van der Waals surface area contributed by atoms with Crippen LogP contribution in [0.4, 0.5) is 0 Å². The Morgan fingerprint density at radius 3 is 2.35 bits per heavy atom. The summed E-state index contributed by atoms with van der Waals surface area (Å²) in [6, 6.07) is 0. The van der Waals surface area contributed by atoms with Crippen molar-refractivity contribution in [2.45, 2.75) is 52.9 Å². The van der Waals surface area contributed by atoms with Crippen molar-refractivity contribution in [2.75, 3.05) is 26.8 Å². The van der Waals surface area contributed by atoms with Gasteiger partial charge in [-0.3, -0.25) is 0 Å². The monoisotopic (exact) mass is 241 g/mol. The van der Waals surface area contributed by atoms with Crippen molar-refractivity contribution < 1.29 is 4.74 Å². The van der Waals surface area contributed by atoms with Crippen LogP contribution in [0.3, 0.4) is 0 Å². The van der Waals surface area contributed by atoms with Crippen LogP contribution in [0, 0.1) is 17.3 Å². The fourth-order valence-electron chi connectivity index (χ4n) is 3.46. The predicted octanol–water partition coefficient (Wildman–Crippen LogP) is 3.47. The van der Waals surface area contributed by atoms with Gasteiger partial charge < -0.3 is 10.1 Å². The molecule has 0 heterocycles. The van der Waals surface area contributed by atoms with Gasteiger partial charge in [-0.1, -0.05) is 40.0 Å². The lowest BCUT2D eigenvalue weighted by Crippen LogP contribution is -2.48. The molecule has 0 spiro atoms. The first-order valence-electron chi connectivity index (χ1n) is 7.37. The largest absolute Gasteiger partial charge is 0.384 e. The van der Waals surface area contributed by atoms with Gasteiger partial charge in [0.1, 0.15) is 0 Å². The molecule has 0 bridgehead atoms. The van der Waals surface area contributed by atoms with E-state index >= 15 is 0 Å². The molecule has 17 heavy (non-hydrogen) atoms. The molecule has 1 aliphatic carbocycles. The molecule has 0 saturated heterocycles. The van der Waals surface area contributed by atoms with Gasteiger partial charge in [-0.15, -0.1) is 0 Å². The maximum absolute atomic E-state index is 5.58. The molecular formula is C15H31NO. The van der Waals surface area contributed by atoms with Crippen molar-refractivity contribution in [3.05, 3.63) is 0 Å². The van der Waals surface area contributed by atoms with E-state index in [9.17, 15) is 0 Å². The first-order chi connectivity index (χ1) is 8.17. The Balaban J connectivity index is 2.78. The van der Waals surface area contributed by atoms with Crippen molar-refractivity contribution in [1.82, 2.24) is 5.32 Å². The van der Waals surface area contributed by atoms with E-state index < -0.39 is 0 Å². The lowest BCUT2D eigenvalue weighted by molar-refractivity contribution is -0.0196. The molecule has 2 nitrogen and oxygen atoms in total. The quantitative estimate of drug-likeness (QED) is 0.737. The van der Waals surface area contributed by atoms with E-state index in [-0.39, 0.29) is 0 Å². The zero-order valence-electron chi connectivity index (χ0n) is 12.2. The van der Waals surface area contributed by atoms with E-state index in [1.807, 2.05) is 7.11 Å². The molecular weight excluding hydrogens is 210 g/mol. The molecule has 1 aliphatic rings. The van der Waals surface area contributed by atoms with Crippen LogP contribution < -0.4 is 5.32 Å². The van der Waals surface area contributed by atoms with Gasteiger partial charge in [-0.2, -0.15) is 0 Å². The van der Waals surface area contributed by atoms with Crippen LogP contribution in [-0.2, 0) is 4.74 Å². The van der Waals surface area contributed by atoms with Crippen LogP contribution in [0.15, 0.2) is 0 Å². The van der Waals surface area contributed by atoms with Gasteiger partial charge in [0.25, 0.3) is 0 Å². The first-order valence-corrected chi connectivity index (χ1v) is 7.37. The number of hydrogen-bond acceptors (Lipinski definition) is 2. The molecule has 1 saturated carbocycles. The van der Waals surface area contributed by atoms with E-state index in [4.69, 9.17) is 4.74 Å². The van der Waals surface area contributed by atoms with Crippen LogP contribution in [0.1, 0.15) is 52.9 Å². The average molecular weight is 241 g/mol. The lowest BCUT2D eigenvalue weighted by Gasteiger charge is -2.45. The van der Waals surface area contributed by atoms with Crippen LogP contribution >= 0.6 is 0 Å². The first kappa shape index (κ1) is 15.0. The smallest absolute Gasteiger partial charge is 0.0535 e. The molecule has 1 N–H and O–H groups in total. The summed E-state index contributed by atoms with van der Waals surface area (Å²) < 4.78 is 5.58. The van der Waals surface area contributed by atoms with Crippen molar-refractivity contribution in [2.24, 2.45) is 17.3 Å². The minimum absolute atomic E-state index is 0.338. The summed E-state index contributed by atoms with van der Waals surface area (Å²) >= 11 is 0. The van der Waals surface area contributed by atoms with E-state index in [1.165, 1.54) is 32.1 Å². The topological polar surface area (TPSA) is 21.3 Å². The number of methoxy groups -OCH3 is 1. The molecule has 1 rings (SSSR count). The Bertz CT molecular complexity index is 199. The number of rotatable bonds is 7. The third-order valence-corrected chi connectivity index (χ3v) is 4.69. The predicted molar refractivity (Wildman–Crippen MR) is 74.3 cm³/mol. The highest BCUT2D eigenvalue weighted by Gasteiger charge is 2.41. The highest BCUT2D eigenvalue weighted by atomic mass is 16.5. The maximum atomic E-state index is 5.58. The zero-order valence-corrected chi connectivity index (χ0v) is 12.2. The Labute approximate surface area is 108 Å². The second-order valence-electron chi connectivity index (χ2n) is 5.94. The van der Waals surface area contributed by atoms with Crippen molar-refractivity contribution in [3.63, 3.8) is 0 Å². The van der Waals surface area contributed by atoms with Gasteiger partial charge in [0.05, 0.1) is 6.61 Å². The third-order valence-electron chi connectivity index (χ3n) is 4.69. The number of hydrogen-bond donors (Lipinski definition) is 1. The van der Waals surface area contributed by atoms with Gasteiger partial charge >= 0.3 is 0 Å². The minimum Gasteiger partial charge on any atom is -0.384 e. The lowest BCUT2D eigenvalue weighted by atomic mass is 9.63. The summed E-state index contributed by atoms with van der Waals surface area (Å²) in [4.78, 5) is 0. The normalized spacial score (nSPS) is 21.7. The number of ether oxygens (including phenoxy) is 1. The van der Waals surface area contributed by atoms with Crippen molar-refractivity contribution in [3.8, 4) is 0 Å². The second kappa shape index (κ2) is 7.38. The zero-order chi connectivity index (χ0) is 12.7. The molecule has 0 aromatic heterocycles. The maximum Gasteiger partial charge on any atom is 0.0535 e. The molecule has 102 valence electrons. The van der Waals surface area contributed by atoms with Gasteiger partial charge in [-0.05, 0) is 31.2 Å². The third kappa shape index (κ3) is 3.69. The molecule has 0 amide bonds. The van der Waals surface area contributed by atoms with Gasteiger partial charge in [0, 0.05) is 19.1 Å². The summed E-state index contributed by atoms with van der Waals surface area (Å²) in [5.41, 5.74) is 0.338. The summed E-state index contributed by atoms with van der Waals surface area (Å²) in [5.74, 6) is 1.53. The molecule has 0 radical (unpaired) electrons. The summed E-state index contributed by atoms with van der Waals surface area (Å²) in [6.07, 6.45) is 7.04. The Morgan fingerprint density at radius 1 is 1.24 bits per heavy atom.